The van der Waals surface area contributed by atoms with Crippen molar-refractivity contribution in [2.45, 2.75) is 31.1 Å². The third kappa shape index (κ3) is 7.79. The van der Waals surface area contributed by atoms with Crippen LogP contribution >= 0.6 is 23.2 Å². The van der Waals surface area contributed by atoms with Crippen LogP contribution in [0.25, 0.3) is 10.8 Å². The molecule has 0 saturated carbocycles. The molecule has 4 rings (SSSR count). The summed E-state index contributed by atoms with van der Waals surface area (Å²) in [5.74, 6) is -0.932. The smallest absolute Gasteiger partial charge is 0.326 e. The van der Waals surface area contributed by atoms with Crippen molar-refractivity contribution in [1.82, 2.24) is 5.32 Å². The molecule has 0 aliphatic carbocycles. The lowest BCUT2D eigenvalue weighted by Gasteiger charge is -2.24. The summed E-state index contributed by atoms with van der Waals surface area (Å²) in [4.78, 5) is 25.6. The molecule has 0 atom stereocenters. The first-order valence-electron chi connectivity index (χ1n) is 13.2. The summed E-state index contributed by atoms with van der Waals surface area (Å²) in [6.07, 6.45) is 2.17. The number of benzene rings is 4. The van der Waals surface area contributed by atoms with Crippen LogP contribution < -0.4 is 9.62 Å². The van der Waals surface area contributed by atoms with Crippen molar-refractivity contribution in [2.75, 3.05) is 24.0 Å². The van der Waals surface area contributed by atoms with E-state index in [0.717, 1.165) is 16.3 Å². The molecule has 1 amide bonds. The zero-order valence-corrected chi connectivity index (χ0v) is 24.8. The quantitative estimate of drug-likeness (QED) is 0.143. The number of esters is 1. The molecule has 41 heavy (non-hydrogen) atoms. The second-order valence-corrected chi connectivity index (χ2v) is 12.1. The largest absolute Gasteiger partial charge is 0.464 e. The number of unbranched alkanes of at least 4 members (excludes halogenated alkanes) is 1. The highest BCUT2D eigenvalue weighted by molar-refractivity contribution is 7.92. The monoisotopic (exact) mass is 612 g/mol. The lowest BCUT2D eigenvalue weighted by molar-refractivity contribution is -0.141. The number of nitrogens with one attached hydrogen (secondary N) is 1. The summed E-state index contributed by atoms with van der Waals surface area (Å²) in [6.45, 7) is 2.06. The van der Waals surface area contributed by atoms with Gasteiger partial charge in [0.1, 0.15) is 6.54 Å². The van der Waals surface area contributed by atoms with Gasteiger partial charge in [-0.2, -0.15) is 0 Å². The molecule has 4 aromatic rings. The normalized spacial score (nSPS) is 11.3. The van der Waals surface area contributed by atoms with E-state index in [0.29, 0.717) is 35.7 Å². The lowest BCUT2D eigenvalue weighted by atomic mass is 10.0. The summed E-state index contributed by atoms with van der Waals surface area (Å²) in [5.41, 5.74) is 1.80. The average molecular weight is 614 g/mol. The second-order valence-electron chi connectivity index (χ2n) is 9.39. The minimum absolute atomic E-state index is 0.142. The summed E-state index contributed by atoms with van der Waals surface area (Å²) < 4.78 is 33.8. The van der Waals surface area contributed by atoms with E-state index in [-0.39, 0.29) is 33.1 Å². The van der Waals surface area contributed by atoms with Crippen molar-refractivity contribution in [3.63, 3.8) is 0 Å². The Kier molecular flexibility index (Phi) is 10.3. The third-order valence-electron chi connectivity index (χ3n) is 6.40. The number of carbonyl (C=O) groups excluding carboxylic acids is 2. The second kappa shape index (κ2) is 13.9. The third-order valence-corrected chi connectivity index (χ3v) is 8.58. The number of halogens is 2. The Hall–Kier alpha value is -3.59. The van der Waals surface area contributed by atoms with Crippen LogP contribution in [0.1, 0.15) is 35.7 Å². The van der Waals surface area contributed by atoms with Crippen molar-refractivity contribution in [2.24, 2.45) is 0 Å². The predicted octanol–water partition coefficient (Wildman–Crippen LogP) is 6.66. The maximum absolute atomic E-state index is 13.8. The minimum atomic E-state index is -4.27. The highest BCUT2D eigenvalue weighted by Gasteiger charge is 2.29. The van der Waals surface area contributed by atoms with E-state index >= 15 is 0 Å². The van der Waals surface area contributed by atoms with Crippen LogP contribution in [0.5, 0.6) is 0 Å². The highest BCUT2D eigenvalue weighted by Crippen LogP contribution is 2.31. The molecule has 0 aliphatic heterocycles. The van der Waals surface area contributed by atoms with Gasteiger partial charge < -0.3 is 10.1 Å². The number of ether oxygens (including phenoxy) is 1. The molecule has 0 fully saturated rings. The van der Waals surface area contributed by atoms with E-state index in [1.165, 1.54) is 18.2 Å². The van der Waals surface area contributed by atoms with E-state index in [1.54, 1.807) is 36.4 Å². The summed E-state index contributed by atoms with van der Waals surface area (Å²) in [5, 5.41) is 4.50. The molecule has 214 valence electrons. The summed E-state index contributed by atoms with van der Waals surface area (Å²) >= 11 is 12.2. The van der Waals surface area contributed by atoms with Gasteiger partial charge in [-0.1, -0.05) is 85.1 Å². The zero-order valence-electron chi connectivity index (χ0n) is 22.5. The molecule has 0 radical (unpaired) electrons. The molecule has 0 saturated heterocycles. The molecule has 0 bridgehead atoms. The van der Waals surface area contributed by atoms with Crippen LogP contribution in [0.4, 0.5) is 5.69 Å². The molecule has 0 unspecified atom stereocenters. The molecule has 7 nitrogen and oxygen atoms in total. The predicted molar refractivity (Wildman–Crippen MR) is 163 cm³/mol. The Morgan fingerprint density at radius 3 is 2.34 bits per heavy atom. The van der Waals surface area contributed by atoms with E-state index in [4.69, 9.17) is 27.9 Å². The van der Waals surface area contributed by atoms with Gasteiger partial charge in [0.2, 0.25) is 0 Å². The Morgan fingerprint density at radius 2 is 1.63 bits per heavy atom. The number of sulfonamides is 1. The minimum Gasteiger partial charge on any atom is -0.464 e. The fourth-order valence-electron chi connectivity index (χ4n) is 4.30. The van der Waals surface area contributed by atoms with Gasteiger partial charge in [-0.25, -0.2) is 8.42 Å². The van der Waals surface area contributed by atoms with Crippen LogP contribution in [0.3, 0.4) is 0 Å². The van der Waals surface area contributed by atoms with Crippen LogP contribution in [0.2, 0.25) is 10.0 Å². The number of hydrogen-bond acceptors (Lipinski definition) is 5. The number of anilines is 1. The van der Waals surface area contributed by atoms with Gasteiger partial charge in [-0.15, -0.1) is 0 Å². The Morgan fingerprint density at radius 1 is 0.902 bits per heavy atom. The Balaban J connectivity index is 1.65. The van der Waals surface area contributed by atoms with Gasteiger partial charge in [0.15, 0.2) is 0 Å². The zero-order chi connectivity index (χ0) is 29.4. The van der Waals surface area contributed by atoms with Gasteiger partial charge in [-0.05, 0) is 65.6 Å². The van der Waals surface area contributed by atoms with Crippen molar-refractivity contribution in [3.05, 3.63) is 106 Å². The van der Waals surface area contributed by atoms with Gasteiger partial charge >= 0.3 is 5.97 Å². The van der Waals surface area contributed by atoms with Crippen molar-refractivity contribution in [3.8, 4) is 0 Å². The Bertz CT molecular complexity index is 1630. The number of fused-ring (bicyclic) bond motifs is 1. The maximum atomic E-state index is 13.8. The van der Waals surface area contributed by atoms with Crippen LogP contribution in [0, 0.1) is 0 Å². The number of nitrogens with zero attached hydrogens (tertiary/aromatic N) is 1. The van der Waals surface area contributed by atoms with Crippen molar-refractivity contribution >= 4 is 61.6 Å². The molecular weight excluding hydrogens is 583 g/mol. The number of rotatable bonds is 12. The Labute approximate surface area is 250 Å². The van der Waals surface area contributed by atoms with Gasteiger partial charge in [-0.3, -0.25) is 13.9 Å². The van der Waals surface area contributed by atoms with Crippen molar-refractivity contribution in [1.29, 1.82) is 0 Å². The topological polar surface area (TPSA) is 92.8 Å². The molecule has 4 aromatic carbocycles. The number of amides is 1. The van der Waals surface area contributed by atoms with E-state index in [2.05, 4.69) is 5.32 Å². The first-order valence-corrected chi connectivity index (χ1v) is 15.4. The van der Waals surface area contributed by atoms with Crippen molar-refractivity contribution < 1.29 is 22.7 Å². The van der Waals surface area contributed by atoms with Gasteiger partial charge in [0.05, 0.1) is 17.2 Å². The molecule has 0 aliphatic rings. The fourth-order valence-corrected chi connectivity index (χ4v) is 6.43. The highest BCUT2D eigenvalue weighted by atomic mass is 35.5. The summed E-state index contributed by atoms with van der Waals surface area (Å²) in [6, 6.07) is 23.9. The number of hydrogen-bond donors (Lipinski definition) is 1. The van der Waals surface area contributed by atoms with Crippen LogP contribution in [0.15, 0.2) is 89.8 Å². The fraction of sp³-hybridized carbons (Fsp3) is 0.226. The molecule has 0 aromatic heterocycles. The van der Waals surface area contributed by atoms with Crippen LogP contribution in [-0.4, -0.2) is 40.0 Å². The van der Waals surface area contributed by atoms with E-state index in [9.17, 15) is 18.0 Å². The number of carbonyl (C=O) groups is 2. The molecule has 10 heteroatoms. The first-order chi connectivity index (χ1) is 19.7. The van der Waals surface area contributed by atoms with Gasteiger partial charge in [0.25, 0.3) is 15.9 Å². The van der Waals surface area contributed by atoms with E-state index in [1.807, 2.05) is 37.3 Å². The average Bonchev–Trinajstić information content (AvgIpc) is 2.95. The van der Waals surface area contributed by atoms with Crippen LogP contribution in [-0.2, 0) is 26.0 Å². The molecular formula is C31H30Cl2N2O5S. The standard InChI is InChI=1S/C31H30Cl2N2O5S/c1-2-3-16-40-30(36)21-35(41(38,39)27-19-24(32)18-25(33)20-27)26-12-13-28-23(17-26)10-7-11-29(28)31(37)34-15-14-22-8-5-4-6-9-22/h4-13,17-20H,2-3,14-16,21H2,1H3,(H,34,37). The van der Waals surface area contributed by atoms with E-state index < -0.39 is 22.5 Å². The SMILES string of the molecule is CCCCOC(=O)CN(c1ccc2c(C(=O)NCCc3ccccc3)cccc2c1)S(=O)(=O)c1cc(Cl)cc(Cl)c1. The maximum Gasteiger partial charge on any atom is 0.326 e. The molecule has 0 heterocycles. The van der Waals surface area contributed by atoms with Gasteiger partial charge in [0, 0.05) is 22.2 Å². The lowest BCUT2D eigenvalue weighted by Crippen LogP contribution is -2.36. The summed E-state index contributed by atoms with van der Waals surface area (Å²) in [7, 11) is -4.27. The molecule has 1 N–H and O–H groups in total. The first kappa shape index (κ1) is 30.4. The molecule has 0 spiro atoms.